The topological polar surface area (TPSA) is 122 Å². The van der Waals surface area contributed by atoms with Crippen LogP contribution in [0.2, 0.25) is 0 Å². The van der Waals surface area contributed by atoms with Gasteiger partial charge >= 0.3 is 0 Å². The van der Waals surface area contributed by atoms with E-state index < -0.39 is 31.8 Å². The summed E-state index contributed by atoms with van der Waals surface area (Å²) in [4.78, 5) is 16.8. The smallest absolute Gasteiger partial charge is 0.257 e. The number of amides is 1. The number of sulfone groups is 1. The van der Waals surface area contributed by atoms with E-state index in [-0.39, 0.29) is 34.2 Å². The fourth-order valence-electron chi connectivity index (χ4n) is 3.23. The predicted molar refractivity (Wildman–Crippen MR) is 119 cm³/mol. The molecule has 12 heteroatoms. The number of sulfonamides is 1. The van der Waals surface area contributed by atoms with Crippen LogP contribution < -0.4 is 10.0 Å². The Morgan fingerprint density at radius 2 is 1.91 bits per heavy atom. The molecule has 0 bridgehead atoms. The number of carbonyl (C=O) groups is 1. The molecular weight excluding hydrogens is 477 g/mol. The first-order valence-electron chi connectivity index (χ1n) is 9.47. The van der Waals surface area contributed by atoms with E-state index in [1.807, 2.05) is 0 Å². The lowest BCUT2D eigenvalue weighted by atomic mass is 10.2. The van der Waals surface area contributed by atoms with Crippen LogP contribution in [-0.4, -0.2) is 45.3 Å². The van der Waals surface area contributed by atoms with Gasteiger partial charge in [0.2, 0.25) is 10.0 Å². The number of hydrogen-bond donors (Lipinski definition) is 2. The Labute approximate surface area is 188 Å². The maximum Gasteiger partial charge on any atom is 0.257 e. The lowest BCUT2D eigenvalue weighted by Gasteiger charge is -2.12. The van der Waals surface area contributed by atoms with Crippen LogP contribution in [-0.2, 0) is 19.9 Å². The monoisotopic (exact) mass is 495 g/mol. The maximum absolute atomic E-state index is 13.1. The van der Waals surface area contributed by atoms with Crippen molar-refractivity contribution in [3.63, 3.8) is 0 Å². The molecule has 1 unspecified atom stereocenters. The second-order valence-electron chi connectivity index (χ2n) is 7.25. The summed E-state index contributed by atoms with van der Waals surface area (Å²) in [6.45, 7) is 0. The summed E-state index contributed by atoms with van der Waals surface area (Å²) in [5.41, 5.74) is 1.36. The van der Waals surface area contributed by atoms with E-state index in [2.05, 4.69) is 15.0 Å². The molecule has 1 aliphatic rings. The van der Waals surface area contributed by atoms with Crippen molar-refractivity contribution in [2.75, 3.05) is 16.8 Å². The van der Waals surface area contributed by atoms with Crippen molar-refractivity contribution in [3.05, 3.63) is 65.3 Å². The second kappa shape index (κ2) is 8.70. The number of aromatic nitrogens is 1. The number of carbonyl (C=O) groups excluding carboxylic acids is 1. The van der Waals surface area contributed by atoms with Gasteiger partial charge < -0.3 is 0 Å². The molecule has 1 atom stereocenters. The van der Waals surface area contributed by atoms with Crippen molar-refractivity contribution in [3.8, 4) is 11.3 Å². The van der Waals surface area contributed by atoms with Gasteiger partial charge in [-0.05, 0) is 48.9 Å². The van der Waals surface area contributed by atoms with Crippen molar-refractivity contribution < 1.29 is 26.0 Å². The molecule has 0 spiro atoms. The van der Waals surface area contributed by atoms with Crippen molar-refractivity contribution in [1.82, 2.24) is 9.71 Å². The molecule has 1 amide bonds. The summed E-state index contributed by atoms with van der Waals surface area (Å²) in [6.07, 6.45) is 0.210. The molecule has 0 aliphatic carbocycles. The minimum absolute atomic E-state index is 0.0592. The summed E-state index contributed by atoms with van der Waals surface area (Å²) < 4.78 is 63.9. The molecule has 0 radical (unpaired) electrons. The fourth-order valence-corrected chi connectivity index (χ4v) is 7.04. The van der Waals surface area contributed by atoms with Crippen molar-refractivity contribution in [2.24, 2.45) is 0 Å². The van der Waals surface area contributed by atoms with E-state index in [0.29, 0.717) is 16.4 Å². The number of benzene rings is 2. The van der Waals surface area contributed by atoms with E-state index in [4.69, 9.17) is 0 Å². The SMILES string of the molecule is O=C(Nc1nc(-c2ccc(F)cc2)cs1)c1cccc(S(=O)(=O)NC2CCS(=O)(=O)C2)c1. The molecule has 2 heterocycles. The number of rotatable bonds is 6. The molecule has 168 valence electrons. The minimum Gasteiger partial charge on any atom is -0.298 e. The molecule has 1 aromatic heterocycles. The Balaban J connectivity index is 1.47. The largest absolute Gasteiger partial charge is 0.298 e. The highest BCUT2D eigenvalue weighted by Crippen LogP contribution is 2.25. The molecule has 0 saturated carbocycles. The van der Waals surface area contributed by atoms with Gasteiger partial charge in [-0.3, -0.25) is 10.1 Å². The normalized spacial score (nSPS) is 17.8. The maximum atomic E-state index is 13.1. The number of nitrogens with zero attached hydrogens (tertiary/aromatic N) is 1. The fraction of sp³-hybridized carbons (Fsp3) is 0.200. The summed E-state index contributed by atoms with van der Waals surface area (Å²) in [6, 6.07) is 10.5. The lowest BCUT2D eigenvalue weighted by molar-refractivity contribution is 0.102. The Hall–Kier alpha value is -2.67. The first-order valence-corrected chi connectivity index (χ1v) is 13.7. The van der Waals surface area contributed by atoms with E-state index in [0.717, 1.165) is 0 Å². The third-order valence-electron chi connectivity index (χ3n) is 4.83. The molecule has 2 aromatic carbocycles. The Kier molecular flexibility index (Phi) is 6.12. The molecule has 2 N–H and O–H groups in total. The summed E-state index contributed by atoms with van der Waals surface area (Å²) in [5, 5.41) is 4.64. The zero-order chi connectivity index (χ0) is 22.9. The number of thiazole rings is 1. The van der Waals surface area contributed by atoms with Gasteiger partial charge in [-0.1, -0.05) is 6.07 Å². The Morgan fingerprint density at radius 3 is 2.59 bits per heavy atom. The van der Waals surface area contributed by atoms with Crippen molar-refractivity contribution >= 4 is 42.2 Å². The molecular formula is C20H18FN3O5S3. The van der Waals surface area contributed by atoms with Gasteiger partial charge in [0.05, 0.1) is 22.1 Å². The van der Waals surface area contributed by atoms with Gasteiger partial charge in [0, 0.05) is 22.5 Å². The molecule has 3 aromatic rings. The van der Waals surface area contributed by atoms with Crippen LogP contribution in [0.5, 0.6) is 0 Å². The van der Waals surface area contributed by atoms with Crippen LogP contribution in [0.3, 0.4) is 0 Å². The van der Waals surface area contributed by atoms with Gasteiger partial charge in [0.1, 0.15) is 5.82 Å². The molecule has 8 nitrogen and oxygen atoms in total. The van der Waals surface area contributed by atoms with Crippen LogP contribution >= 0.6 is 11.3 Å². The molecule has 1 saturated heterocycles. The molecule has 1 fully saturated rings. The van der Waals surface area contributed by atoms with Gasteiger partial charge in [-0.2, -0.15) is 0 Å². The average Bonchev–Trinajstić information content (AvgIpc) is 3.34. The summed E-state index contributed by atoms with van der Waals surface area (Å²) in [7, 11) is -7.24. The van der Waals surface area contributed by atoms with Gasteiger partial charge in [-0.15, -0.1) is 11.3 Å². The van der Waals surface area contributed by atoms with Crippen molar-refractivity contribution in [1.29, 1.82) is 0 Å². The third kappa shape index (κ3) is 5.21. The first kappa shape index (κ1) is 22.5. The third-order valence-corrected chi connectivity index (χ3v) is 8.87. The number of halogens is 1. The van der Waals surface area contributed by atoms with Gasteiger partial charge in [-0.25, -0.2) is 30.9 Å². The highest BCUT2D eigenvalue weighted by atomic mass is 32.2. The number of anilines is 1. The van der Waals surface area contributed by atoms with E-state index >= 15 is 0 Å². The Morgan fingerprint density at radius 1 is 1.16 bits per heavy atom. The number of hydrogen-bond acceptors (Lipinski definition) is 7. The van der Waals surface area contributed by atoms with E-state index in [9.17, 15) is 26.0 Å². The quantitative estimate of drug-likeness (QED) is 0.542. The average molecular weight is 496 g/mol. The van der Waals surface area contributed by atoms with Crippen LogP contribution in [0, 0.1) is 5.82 Å². The number of nitrogens with one attached hydrogen (secondary N) is 2. The van der Waals surface area contributed by atoms with Crippen LogP contribution in [0.25, 0.3) is 11.3 Å². The Bertz CT molecular complexity index is 1370. The molecule has 1 aliphatic heterocycles. The predicted octanol–water partition coefficient (Wildman–Crippen LogP) is 2.67. The zero-order valence-corrected chi connectivity index (χ0v) is 18.9. The highest BCUT2D eigenvalue weighted by Gasteiger charge is 2.31. The lowest BCUT2D eigenvalue weighted by Crippen LogP contribution is -2.35. The first-order chi connectivity index (χ1) is 15.1. The van der Waals surface area contributed by atoms with Crippen LogP contribution in [0.1, 0.15) is 16.8 Å². The summed E-state index contributed by atoms with van der Waals surface area (Å²) >= 11 is 1.18. The molecule has 4 rings (SSSR count). The van der Waals surface area contributed by atoms with E-state index in [1.54, 1.807) is 17.5 Å². The van der Waals surface area contributed by atoms with Crippen LogP contribution in [0.4, 0.5) is 9.52 Å². The van der Waals surface area contributed by atoms with E-state index in [1.165, 1.54) is 47.7 Å². The standard InChI is InChI=1S/C20H18FN3O5S3/c21-15-6-4-13(5-7-15)18-11-30-20(22-18)23-19(25)14-2-1-3-17(10-14)32(28,29)24-16-8-9-31(26,27)12-16/h1-7,10-11,16,24H,8-9,12H2,(H,22,23,25). The summed E-state index contributed by atoms with van der Waals surface area (Å²) in [5.74, 6) is -1.22. The van der Waals surface area contributed by atoms with Crippen molar-refractivity contribution in [2.45, 2.75) is 17.4 Å². The van der Waals surface area contributed by atoms with Gasteiger partial charge in [0.15, 0.2) is 15.0 Å². The van der Waals surface area contributed by atoms with Crippen LogP contribution in [0.15, 0.2) is 58.8 Å². The van der Waals surface area contributed by atoms with Gasteiger partial charge in [0.25, 0.3) is 5.91 Å². The molecule has 32 heavy (non-hydrogen) atoms. The minimum atomic E-state index is -4.00. The second-order valence-corrected chi connectivity index (χ2v) is 12.0. The highest BCUT2D eigenvalue weighted by molar-refractivity contribution is 7.92. The zero-order valence-electron chi connectivity index (χ0n) is 16.5.